The third-order valence-corrected chi connectivity index (χ3v) is 2.09. The van der Waals surface area contributed by atoms with E-state index >= 15 is 0 Å². The van der Waals surface area contributed by atoms with Gasteiger partial charge in [0, 0.05) is 6.54 Å². The van der Waals surface area contributed by atoms with Crippen molar-refractivity contribution in [3.63, 3.8) is 0 Å². The van der Waals surface area contributed by atoms with E-state index in [-0.39, 0.29) is 6.42 Å². The van der Waals surface area contributed by atoms with Crippen LogP contribution in [0.5, 0.6) is 0 Å². The lowest BCUT2D eigenvalue weighted by Crippen LogP contribution is -2.47. The van der Waals surface area contributed by atoms with Crippen molar-refractivity contribution in [3.05, 3.63) is 0 Å². The summed E-state index contributed by atoms with van der Waals surface area (Å²) in [6.45, 7) is 1.35. The van der Waals surface area contributed by atoms with Crippen molar-refractivity contribution >= 4 is 5.91 Å². The Morgan fingerprint density at radius 1 is 1.12 bits per heavy atom. The molecule has 0 saturated heterocycles. The molecule has 0 aliphatic rings. The Balaban J connectivity index is 4.16. The number of amides is 1. The molecular weight excluding hydrogens is 218 g/mol. The number of nitrogens with one attached hydrogen (secondary N) is 1. The van der Waals surface area contributed by atoms with Gasteiger partial charge in [-0.15, -0.1) is 0 Å². The number of carbonyl (C=O) groups excluding carboxylic acids is 1. The van der Waals surface area contributed by atoms with E-state index in [0.29, 0.717) is 6.54 Å². The Bertz CT molecular complexity index is 212. The number of aliphatic hydroxyl groups is 5. The van der Waals surface area contributed by atoms with Gasteiger partial charge in [0.15, 0.2) is 0 Å². The Hall–Kier alpha value is -0.730. The normalized spacial score (nSPS) is 18.6. The van der Waals surface area contributed by atoms with E-state index in [9.17, 15) is 20.1 Å². The lowest BCUT2D eigenvalue weighted by molar-refractivity contribution is -0.134. The van der Waals surface area contributed by atoms with Crippen LogP contribution < -0.4 is 5.32 Å². The van der Waals surface area contributed by atoms with Crippen molar-refractivity contribution in [2.24, 2.45) is 0 Å². The molecule has 7 heteroatoms. The first-order valence-corrected chi connectivity index (χ1v) is 5.03. The van der Waals surface area contributed by atoms with Crippen LogP contribution in [0.3, 0.4) is 0 Å². The number of hydrogen-bond acceptors (Lipinski definition) is 6. The third-order valence-electron chi connectivity index (χ3n) is 2.09. The lowest BCUT2D eigenvalue weighted by Gasteiger charge is -2.25. The number of carbonyl (C=O) groups is 1. The Labute approximate surface area is 93.3 Å². The molecule has 1 amide bonds. The minimum Gasteiger partial charge on any atom is -0.394 e. The molecule has 0 aromatic rings. The van der Waals surface area contributed by atoms with Gasteiger partial charge in [-0.05, 0) is 6.92 Å². The molecule has 0 bridgehead atoms. The van der Waals surface area contributed by atoms with Crippen molar-refractivity contribution < 1.29 is 30.3 Å². The van der Waals surface area contributed by atoms with Gasteiger partial charge in [0.1, 0.15) is 18.3 Å². The summed E-state index contributed by atoms with van der Waals surface area (Å²) in [6, 6.07) is 0. The van der Waals surface area contributed by atoms with Crippen molar-refractivity contribution in [2.75, 3.05) is 13.2 Å². The van der Waals surface area contributed by atoms with Gasteiger partial charge in [-0.2, -0.15) is 0 Å². The fourth-order valence-corrected chi connectivity index (χ4v) is 1.14. The van der Waals surface area contributed by atoms with Crippen LogP contribution in [0.2, 0.25) is 0 Å². The highest BCUT2D eigenvalue weighted by Crippen LogP contribution is 2.07. The third kappa shape index (κ3) is 4.86. The molecule has 0 radical (unpaired) electrons. The largest absolute Gasteiger partial charge is 0.394 e. The molecule has 0 saturated carbocycles. The van der Waals surface area contributed by atoms with Crippen molar-refractivity contribution in [1.29, 1.82) is 0 Å². The number of aliphatic hydroxyl groups excluding tert-OH is 5. The summed E-state index contributed by atoms with van der Waals surface area (Å²) in [6.07, 6.45) is -6.83. The predicted molar refractivity (Wildman–Crippen MR) is 54.4 cm³/mol. The number of hydrogen-bond donors (Lipinski definition) is 6. The van der Waals surface area contributed by atoms with Gasteiger partial charge in [0.25, 0.3) is 0 Å². The van der Waals surface area contributed by atoms with E-state index in [1.54, 1.807) is 6.92 Å². The van der Waals surface area contributed by atoms with Gasteiger partial charge >= 0.3 is 0 Å². The second-order valence-corrected chi connectivity index (χ2v) is 3.46. The summed E-state index contributed by atoms with van der Waals surface area (Å²) < 4.78 is 0. The maximum Gasteiger partial charge on any atom is 0.222 e. The molecule has 0 spiro atoms. The van der Waals surface area contributed by atoms with E-state index in [4.69, 9.17) is 10.2 Å². The average molecular weight is 237 g/mol. The summed E-state index contributed by atoms with van der Waals surface area (Å²) in [5.74, 6) is -0.472. The molecule has 0 aromatic heterocycles. The molecule has 6 N–H and O–H groups in total. The highest BCUT2D eigenvalue weighted by Gasteiger charge is 2.30. The zero-order chi connectivity index (χ0) is 12.7. The maximum atomic E-state index is 11.0. The minimum atomic E-state index is -1.70. The van der Waals surface area contributed by atoms with Gasteiger partial charge in [-0.1, -0.05) is 0 Å². The van der Waals surface area contributed by atoms with Crippen LogP contribution >= 0.6 is 0 Å². The fourth-order valence-electron chi connectivity index (χ4n) is 1.14. The van der Waals surface area contributed by atoms with Gasteiger partial charge in [-0.25, -0.2) is 0 Å². The zero-order valence-corrected chi connectivity index (χ0v) is 9.08. The van der Waals surface area contributed by atoms with Gasteiger partial charge in [0.05, 0.1) is 19.1 Å². The van der Waals surface area contributed by atoms with E-state index in [0.717, 1.165) is 0 Å². The molecule has 0 aromatic carbocycles. The van der Waals surface area contributed by atoms with E-state index in [1.807, 2.05) is 0 Å². The fraction of sp³-hybridized carbons (Fsp3) is 0.889. The average Bonchev–Trinajstić information content (AvgIpc) is 2.26. The van der Waals surface area contributed by atoms with E-state index in [1.165, 1.54) is 0 Å². The first-order chi connectivity index (χ1) is 7.43. The predicted octanol–water partition coefficient (Wildman–Crippen LogP) is -3.05. The molecular formula is C9H19NO6. The second-order valence-electron chi connectivity index (χ2n) is 3.46. The molecule has 96 valence electrons. The summed E-state index contributed by atoms with van der Waals surface area (Å²) in [5.41, 5.74) is 0. The second kappa shape index (κ2) is 7.53. The van der Waals surface area contributed by atoms with E-state index < -0.39 is 36.9 Å². The smallest absolute Gasteiger partial charge is 0.222 e. The Morgan fingerprint density at radius 2 is 1.62 bits per heavy atom. The SMILES string of the molecule is CCNC(=O)C[C@@H](O)[C@@H](O)[C@H](O)[C@H](O)CO. The van der Waals surface area contributed by atoms with Crippen LogP contribution in [0.1, 0.15) is 13.3 Å². The van der Waals surface area contributed by atoms with Gasteiger partial charge < -0.3 is 30.8 Å². The molecule has 7 nitrogen and oxygen atoms in total. The Kier molecular flexibility index (Phi) is 7.18. The molecule has 0 aliphatic carbocycles. The molecule has 0 heterocycles. The topological polar surface area (TPSA) is 130 Å². The summed E-state index contributed by atoms with van der Waals surface area (Å²) in [7, 11) is 0. The molecule has 0 rings (SSSR count). The van der Waals surface area contributed by atoms with Crippen LogP contribution in [0.15, 0.2) is 0 Å². The molecule has 0 aliphatic heterocycles. The van der Waals surface area contributed by atoms with Crippen LogP contribution in [-0.4, -0.2) is 69.0 Å². The van der Waals surface area contributed by atoms with Crippen LogP contribution in [0.4, 0.5) is 0 Å². The molecule has 0 unspecified atom stereocenters. The molecule has 0 fully saturated rings. The molecule has 4 atom stereocenters. The van der Waals surface area contributed by atoms with Crippen LogP contribution in [0, 0.1) is 0 Å². The Morgan fingerprint density at radius 3 is 2.06 bits per heavy atom. The highest BCUT2D eigenvalue weighted by atomic mass is 16.4. The summed E-state index contributed by atoms with van der Waals surface area (Å²) in [5, 5.41) is 47.9. The minimum absolute atomic E-state index is 0.385. The summed E-state index contributed by atoms with van der Waals surface area (Å²) >= 11 is 0. The number of rotatable bonds is 7. The maximum absolute atomic E-state index is 11.0. The first-order valence-electron chi connectivity index (χ1n) is 5.03. The quantitative estimate of drug-likeness (QED) is 0.279. The standard InChI is InChI=1S/C9H19NO6/c1-2-10-7(14)3-5(12)8(15)9(16)6(13)4-11/h5-6,8-9,11-13,15-16H,2-4H2,1H3,(H,10,14)/t5-,6-,8-,9-/m1/s1. The summed E-state index contributed by atoms with van der Waals surface area (Å²) in [4.78, 5) is 11.0. The monoisotopic (exact) mass is 237 g/mol. The highest BCUT2D eigenvalue weighted by molar-refractivity contribution is 5.76. The van der Waals surface area contributed by atoms with Crippen molar-refractivity contribution in [2.45, 2.75) is 37.8 Å². The first kappa shape index (κ1) is 15.3. The van der Waals surface area contributed by atoms with Gasteiger partial charge in [-0.3, -0.25) is 4.79 Å². The van der Waals surface area contributed by atoms with Crippen LogP contribution in [-0.2, 0) is 4.79 Å². The van der Waals surface area contributed by atoms with Gasteiger partial charge in [0.2, 0.25) is 5.91 Å². The van der Waals surface area contributed by atoms with Crippen LogP contribution in [0.25, 0.3) is 0 Å². The van der Waals surface area contributed by atoms with E-state index in [2.05, 4.69) is 5.32 Å². The van der Waals surface area contributed by atoms with Crippen molar-refractivity contribution in [3.8, 4) is 0 Å². The lowest BCUT2D eigenvalue weighted by atomic mass is 10.0. The van der Waals surface area contributed by atoms with Crippen molar-refractivity contribution in [1.82, 2.24) is 5.32 Å². The molecule has 16 heavy (non-hydrogen) atoms. The zero-order valence-electron chi connectivity index (χ0n) is 9.08.